The molecule has 1 N–H and O–H groups in total. The normalized spacial score (nSPS) is 15.4. The third-order valence-electron chi connectivity index (χ3n) is 2.91. The Morgan fingerprint density at radius 1 is 1.27 bits per heavy atom. The summed E-state index contributed by atoms with van der Waals surface area (Å²) in [4.78, 5) is 4.66. The molecule has 0 saturated carbocycles. The van der Waals surface area contributed by atoms with Crippen LogP contribution in [0, 0.1) is 0 Å². The lowest BCUT2D eigenvalue weighted by Crippen LogP contribution is -2.26. The molecule has 0 aliphatic heterocycles. The molecule has 3 heteroatoms. The number of hydrogen-bond acceptors (Lipinski definition) is 3. The van der Waals surface area contributed by atoms with Crippen molar-refractivity contribution in [1.82, 2.24) is 10.3 Å². The number of para-hydroxylation sites is 1. The molecule has 0 saturated heterocycles. The monoisotopic (exact) mass is 220 g/mol. The van der Waals surface area contributed by atoms with E-state index in [0.717, 1.165) is 5.52 Å². The number of fused-ring (bicyclic) bond motifs is 1. The van der Waals surface area contributed by atoms with Crippen LogP contribution in [0.1, 0.15) is 24.8 Å². The second-order valence-corrected chi connectivity index (χ2v) is 4.95. The molecule has 0 fully saturated rings. The van der Waals surface area contributed by atoms with E-state index in [1.54, 1.807) is 11.3 Å². The highest BCUT2D eigenvalue weighted by molar-refractivity contribution is 7.18. The lowest BCUT2D eigenvalue weighted by Gasteiger charge is -2.16. The van der Waals surface area contributed by atoms with Crippen LogP contribution in [0.4, 0.5) is 0 Å². The molecular formula is C12H16N2S. The van der Waals surface area contributed by atoms with E-state index < -0.39 is 0 Å². The van der Waals surface area contributed by atoms with Gasteiger partial charge in [0.1, 0.15) is 0 Å². The molecule has 1 heterocycles. The number of benzene rings is 1. The molecule has 2 nitrogen and oxygen atoms in total. The Morgan fingerprint density at radius 3 is 2.67 bits per heavy atom. The number of likely N-dealkylation sites (N-methyl/N-ethyl adjacent to an activating group) is 1. The Hall–Kier alpha value is -0.930. The smallest absolute Gasteiger partial charge is 0.0982 e. The van der Waals surface area contributed by atoms with Crippen molar-refractivity contribution < 1.29 is 0 Å². The van der Waals surface area contributed by atoms with Crippen LogP contribution >= 0.6 is 11.3 Å². The van der Waals surface area contributed by atoms with Gasteiger partial charge in [-0.05, 0) is 26.1 Å². The minimum atomic E-state index is 0.463. The zero-order chi connectivity index (χ0) is 10.8. The maximum absolute atomic E-state index is 4.66. The summed E-state index contributed by atoms with van der Waals surface area (Å²) in [5.41, 5.74) is 1.12. The molecule has 0 aliphatic rings. The van der Waals surface area contributed by atoms with Crippen LogP contribution in [0.5, 0.6) is 0 Å². The van der Waals surface area contributed by atoms with Gasteiger partial charge in [-0.25, -0.2) is 4.98 Å². The summed E-state index contributed by atoms with van der Waals surface area (Å²) in [7, 11) is 1.99. The van der Waals surface area contributed by atoms with Gasteiger partial charge in [-0.15, -0.1) is 11.3 Å². The van der Waals surface area contributed by atoms with Gasteiger partial charge in [0.25, 0.3) is 0 Å². The molecule has 1 aromatic heterocycles. The van der Waals surface area contributed by atoms with E-state index in [4.69, 9.17) is 0 Å². The summed E-state index contributed by atoms with van der Waals surface area (Å²) in [6.45, 7) is 4.41. The molecule has 0 amide bonds. The fraction of sp³-hybridized carbons (Fsp3) is 0.417. The summed E-state index contributed by atoms with van der Waals surface area (Å²) in [5.74, 6) is 0.465. The summed E-state index contributed by atoms with van der Waals surface area (Å²) in [6.07, 6.45) is 0. The molecule has 2 aromatic rings. The minimum absolute atomic E-state index is 0.463. The van der Waals surface area contributed by atoms with Gasteiger partial charge in [0, 0.05) is 12.0 Å². The van der Waals surface area contributed by atoms with Gasteiger partial charge >= 0.3 is 0 Å². The van der Waals surface area contributed by atoms with Crippen LogP contribution in [0.25, 0.3) is 10.2 Å². The Morgan fingerprint density at radius 2 is 2.00 bits per heavy atom. The molecule has 0 spiro atoms. The number of nitrogens with one attached hydrogen (secondary N) is 1. The van der Waals surface area contributed by atoms with Crippen molar-refractivity contribution in [2.45, 2.75) is 25.8 Å². The topological polar surface area (TPSA) is 24.9 Å². The van der Waals surface area contributed by atoms with E-state index in [-0.39, 0.29) is 0 Å². The minimum Gasteiger partial charge on any atom is -0.317 e. The predicted octanol–water partition coefficient (Wildman–Crippen LogP) is 3.01. The third-order valence-corrected chi connectivity index (χ3v) is 4.14. The maximum Gasteiger partial charge on any atom is 0.0982 e. The molecule has 0 aliphatic carbocycles. The van der Waals surface area contributed by atoms with Crippen LogP contribution in [0.3, 0.4) is 0 Å². The highest BCUT2D eigenvalue weighted by Crippen LogP contribution is 2.28. The summed E-state index contributed by atoms with van der Waals surface area (Å²) < 4.78 is 1.28. The number of thiazole rings is 1. The molecule has 0 bridgehead atoms. The predicted molar refractivity (Wildman–Crippen MR) is 66.6 cm³/mol. The molecule has 2 atom stereocenters. The van der Waals surface area contributed by atoms with Crippen molar-refractivity contribution in [2.75, 3.05) is 7.05 Å². The molecular weight excluding hydrogens is 204 g/mol. The van der Waals surface area contributed by atoms with E-state index >= 15 is 0 Å². The fourth-order valence-electron chi connectivity index (χ4n) is 1.55. The molecule has 0 radical (unpaired) electrons. The largest absolute Gasteiger partial charge is 0.317 e. The Kier molecular flexibility index (Phi) is 3.03. The van der Waals surface area contributed by atoms with E-state index in [1.807, 2.05) is 13.1 Å². The average Bonchev–Trinajstić information content (AvgIpc) is 2.70. The Bertz CT molecular complexity index is 417. The Balaban J connectivity index is 2.36. The lowest BCUT2D eigenvalue weighted by atomic mass is 10.1. The van der Waals surface area contributed by atoms with Gasteiger partial charge < -0.3 is 5.32 Å². The van der Waals surface area contributed by atoms with Crippen LogP contribution in [0.2, 0.25) is 0 Å². The van der Waals surface area contributed by atoms with Crippen molar-refractivity contribution in [3.8, 4) is 0 Å². The number of aromatic nitrogens is 1. The van der Waals surface area contributed by atoms with Crippen LogP contribution in [-0.4, -0.2) is 18.1 Å². The second-order valence-electron chi connectivity index (χ2n) is 3.89. The summed E-state index contributed by atoms with van der Waals surface area (Å²) >= 11 is 1.80. The van der Waals surface area contributed by atoms with E-state index in [9.17, 15) is 0 Å². The maximum atomic E-state index is 4.66. The van der Waals surface area contributed by atoms with Gasteiger partial charge in [-0.3, -0.25) is 0 Å². The Labute approximate surface area is 94.3 Å². The molecule has 1 aromatic carbocycles. The average molecular weight is 220 g/mol. The van der Waals surface area contributed by atoms with E-state index in [2.05, 4.69) is 42.3 Å². The quantitative estimate of drug-likeness (QED) is 0.860. The standard InChI is InChI=1S/C12H16N2S/c1-8(9(2)13-3)12-14-10-6-4-5-7-11(10)15-12/h4-9,13H,1-3H3. The third kappa shape index (κ3) is 2.03. The van der Waals surface area contributed by atoms with Gasteiger partial charge in [-0.1, -0.05) is 19.1 Å². The first-order chi connectivity index (χ1) is 7.22. The second kappa shape index (κ2) is 4.29. The van der Waals surface area contributed by atoms with Crippen molar-refractivity contribution in [1.29, 1.82) is 0 Å². The lowest BCUT2D eigenvalue weighted by molar-refractivity contribution is 0.523. The van der Waals surface area contributed by atoms with E-state index in [0.29, 0.717) is 12.0 Å². The molecule has 2 rings (SSSR count). The zero-order valence-corrected chi connectivity index (χ0v) is 10.1. The van der Waals surface area contributed by atoms with Crippen molar-refractivity contribution in [2.24, 2.45) is 0 Å². The highest BCUT2D eigenvalue weighted by atomic mass is 32.1. The SMILES string of the molecule is CNC(C)C(C)c1nc2ccccc2s1. The summed E-state index contributed by atoms with van der Waals surface area (Å²) in [6, 6.07) is 8.78. The summed E-state index contributed by atoms with van der Waals surface area (Å²) in [5, 5.41) is 4.49. The first kappa shape index (κ1) is 10.6. The number of rotatable bonds is 3. The number of hydrogen-bond donors (Lipinski definition) is 1. The number of nitrogens with zero attached hydrogens (tertiary/aromatic N) is 1. The van der Waals surface area contributed by atoms with Crippen molar-refractivity contribution in [3.63, 3.8) is 0 Å². The van der Waals surface area contributed by atoms with Gasteiger partial charge in [0.15, 0.2) is 0 Å². The fourth-order valence-corrected chi connectivity index (χ4v) is 2.67. The first-order valence-corrected chi connectivity index (χ1v) is 6.06. The van der Waals surface area contributed by atoms with Crippen LogP contribution in [-0.2, 0) is 0 Å². The molecule has 15 heavy (non-hydrogen) atoms. The first-order valence-electron chi connectivity index (χ1n) is 5.25. The highest BCUT2D eigenvalue weighted by Gasteiger charge is 2.16. The zero-order valence-electron chi connectivity index (χ0n) is 9.32. The van der Waals surface area contributed by atoms with Crippen molar-refractivity contribution >= 4 is 21.6 Å². The van der Waals surface area contributed by atoms with Gasteiger partial charge in [0.2, 0.25) is 0 Å². The van der Waals surface area contributed by atoms with Crippen LogP contribution < -0.4 is 5.32 Å². The van der Waals surface area contributed by atoms with Crippen molar-refractivity contribution in [3.05, 3.63) is 29.3 Å². The molecule has 80 valence electrons. The van der Waals surface area contributed by atoms with E-state index in [1.165, 1.54) is 9.71 Å². The van der Waals surface area contributed by atoms with Crippen LogP contribution in [0.15, 0.2) is 24.3 Å². The molecule has 2 unspecified atom stereocenters. The van der Waals surface area contributed by atoms with Gasteiger partial charge in [-0.2, -0.15) is 0 Å². The van der Waals surface area contributed by atoms with Gasteiger partial charge in [0.05, 0.1) is 15.2 Å².